The van der Waals surface area contributed by atoms with Crippen molar-refractivity contribution in [2.45, 2.75) is 51.2 Å². The SMILES string of the molecule is CCc1ccccc1-c1cccc(CN2CCC3(CNS(=O)(=O)N3c3cccc(F)c3)CC2C)c1. The number of hydrogen-bond acceptors (Lipinski definition) is 3. The maximum absolute atomic E-state index is 14.0. The Bertz CT molecular complexity index is 1330. The quantitative estimate of drug-likeness (QED) is 0.536. The highest BCUT2D eigenvalue weighted by Crippen LogP contribution is 2.41. The molecule has 7 heteroatoms. The Balaban J connectivity index is 1.36. The summed E-state index contributed by atoms with van der Waals surface area (Å²) in [6.07, 6.45) is 2.34. The van der Waals surface area contributed by atoms with E-state index in [9.17, 15) is 12.8 Å². The fraction of sp³-hybridized carbons (Fsp3) is 0.357. The molecule has 2 atom stereocenters. The van der Waals surface area contributed by atoms with E-state index in [2.05, 4.69) is 72.0 Å². The van der Waals surface area contributed by atoms with Crippen LogP contribution in [-0.4, -0.2) is 38.0 Å². The van der Waals surface area contributed by atoms with E-state index in [1.807, 2.05) is 0 Å². The van der Waals surface area contributed by atoms with Gasteiger partial charge in [0.25, 0.3) is 0 Å². The molecule has 0 aromatic heterocycles. The van der Waals surface area contributed by atoms with Gasteiger partial charge in [0.1, 0.15) is 5.82 Å². The van der Waals surface area contributed by atoms with Crippen LogP contribution in [0.3, 0.4) is 0 Å². The van der Waals surface area contributed by atoms with Crippen LogP contribution in [0.5, 0.6) is 0 Å². The molecule has 0 aliphatic carbocycles. The maximum Gasteiger partial charge on any atom is 0.302 e. The molecule has 5 nitrogen and oxygen atoms in total. The molecule has 0 bridgehead atoms. The van der Waals surface area contributed by atoms with Gasteiger partial charge in [-0.3, -0.25) is 9.21 Å². The van der Waals surface area contributed by atoms with Crippen LogP contribution in [0.25, 0.3) is 11.1 Å². The minimum atomic E-state index is -3.71. The third-order valence-electron chi connectivity index (χ3n) is 7.48. The molecular weight excluding hydrogens is 461 g/mol. The van der Waals surface area contributed by atoms with Gasteiger partial charge in [0.05, 0.1) is 11.2 Å². The zero-order chi connectivity index (χ0) is 24.6. The molecule has 2 aliphatic heterocycles. The smallest absolute Gasteiger partial charge is 0.296 e. The molecule has 1 N–H and O–H groups in total. The van der Waals surface area contributed by atoms with E-state index in [-0.39, 0.29) is 6.04 Å². The van der Waals surface area contributed by atoms with Crippen LogP contribution in [0.15, 0.2) is 72.8 Å². The Labute approximate surface area is 207 Å². The van der Waals surface area contributed by atoms with Crippen molar-refractivity contribution in [3.05, 3.63) is 89.7 Å². The van der Waals surface area contributed by atoms with Crippen molar-refractivity contribution >= 4 is 15.9 Å². The predicted octanol–water partition coefficient (Wildman–Crippen LogP) is 5.13. The summed E-state index contributed by atoms with van der Waals surface area (Å²) in [7, 11) is -3.71. The minimum Gasteiger partial charge on any atom is -0.296 e. The molecule has 184 valence electrons. The zero-order valence-electron chi connectivity index (χ0n) is 20.2. The van der Waals surface area contributed by atoms with E-state index in [0.29, 0.717) is 25.1 Å². The third-order valence-corrected chi connectivity index (χ3v) is 9.07. The molecule has 2 saturated heterocycles. The summed E-state index contributed by atoms with van der Waals surface area (Å²) in [6.45, 7) is 6.25. The average molecular weight is 494 g/mol. The second-order valence-corrected chi connectivity index (χ2v) is 11.4. The van der Waals surface area contributed by atoms with Gasteiger partial charge in [0.2, 0.25) is 0 Å². The Kier molecular flexibility index (Phi) is 6.42. The van der Waals surface area contributed by atoms with Crippen LogP contribution in [0, 0.1) is 5.82 Å². The van der Waals surface area contributed by atoms with Crippen LogP contribution in [0.4, 0.5) is 10.1 Å². The Morgan fingerprint density at radius 1 is 1.06 bits per heavy atom. The Hall–Kier alpha value is -2.74. The molecule has 1 spiro atoms. The van der Waals surface area contributed by atoms with Crippen molar-refractivity contribution in [1.29, 1.82) is 0 Å². The number of benzene rings is 3. The molecule has 2 heterocycles. The van der Waals surface area contributed by atoms with Gasteiger partial charge >= 0.3 is 10.2 Å². The lowest BCUT2D eigenvalue weighted by Gasteiger charge is -2.47. The summed E-state index contributed by atoms with van der Waals surface area (Å²) in [5.41, 5.74) is 4.88. The largest absolute Gasteiger partial charge is 0.302 e. The van der Waals surface area contributed by atoms with Crippen molar-refractivity contribution < 1.29 is 12.8 Å². The van der Waals surface area contributed by atoms with E-state index in [4.69, 9.17) is 0 Å². The van der Waals surface area contributed by atoms with Crippen molar-refractivity contribution in [2.24, 2.45) is 0 Å². The summed E-state index contributed by atoms with van der Waals surface area (Å²) in [5, 5.41) is 0. The second kappa shape index (κ2) is 9.37. The minimum absolute atomic E-state index is 0.168. The normalized spacial score (nSPS) is 24.2. The van der Waals surface area contributed by atoms with Crippen LogP contribution < -0.4 is 9.03 Å². The first kappa shape index (κ1) is 24.0. The lowest BCUT2D eigenvalue weighted by atomic mass is 9.83. The van der Waals surface area contributed by atoms with Crippen molar-refractivity contribution in [3.63, 3.8) is 0 Å². The highest BCUT2D eigenvalue weighted by molar-refractivity contribution is 7.91. The monoisotopic (exact) mass is 493 g/mol. The summed E-state index contributed by atoms with van der Waals surface area (Å²) in [5.74, 6) is -0.435. The summed E-state index contributed by atoms with van der Waals surface area (Å²) >= 11 is 0. The molecule has 3 aromatic rings. The summed E-state index contributed by atoms with van der Waals surface area (Å²) < 4.78 is 44.0. The Morgan fingerprint density at radius 2 is 1.86 bits per heavy atom. The zero-order valence-corrected chi connectivity index (χ0v) is 21.1. The molecule has 2 unspecified atom stereocenters. The number of rotatable bonds is 5. The first-order valence-electron chi connectivity index (χ1n) is 12.3. The lowest BCUT2D eigenvalue weighted by molar-refractivity contribution is 0.106. The highest BCUT2D eigenvalue weighted by atomic mass is 32.2. The Morgan fingerprint density at radius 3 is 2.63 bits per heavy atom. The van der Waals surface area contributed by atoms with Crippen molar-refractivity contribution in [2.75, 3.05) is 17.4 Å². The summed E-state index contributed by atoms with van der Waals surface area (Å²) in [6, 6.07) is 23.3. The fourth-order valence-corrected chi connectivity index (χ4v) is 7.46. The number of halogens is 1. The predicted molar refractivity (Wildman–Crippen MR) is 139 cm³/mol. The van der Waals surface area contributed by atoms with Gasteiger partial charge in [-0.1, -0.05) is 55.5 Å². The molecule has 3 aromatic carbocycles. The molecule has 5 rings (SSSR count). The summed E-state index contributed by atoms with van der Waals surface area (Å²) in [4.78, 5) is 2.42. The van der Waals surface area contributed by atoms with Crippen molar-refractivity contribution in [3.8, 4) is 11.1 Å². The van der Waals surface area contributed by atoms with E-state index in [1.54, 1.807) is 12.1 Å². The number of anilines is 1. The second-order valence-electron chi connectivity index (χ2n) is 9.78. The molecule has 35 heavy (non-hydrogen) atoms. The van der Waals surface area contributed by atoms with Crippen LogP contribution in [0.2, 0.25) is 0 Å². The molecule has 2 aliphatic rings. The molecule has 0 saturated carbocycles. The lowest BCUT2D eigenvalue weighted by Crippen LogP contribution is -2.57. The number of nitrogens with one attached hydrogen (secondary N) is 1. The number of hydrogen-bond donors (Lipinski definition) is 1. The number of nitrogens with zero attached hydrogens (tertiary/aromatic N) is 2. The maximum atomic E-state index is 14.0. The molecular formula is C28H32FN3O2S. The van der Waals surface area contributed by atoms with Crippen LogP contribution in [0.1, 0.15) is 37.8 Å². The van der Waals surface area contributed by atoms with Crippen molar-refractivity contribution in [1.82, 2.24) is 9.62 Å². The number of piperidine rings is 1. The van der Waals surface area contributed by atoms with Gasteiger partial charge in [-0.15, -0.1) is 0 Å². The number of aryl methyl sites for hydroxylation is 1. The average Bonchev–Trinajstić information content (AvgIpc) is 3.10. The van der Waals surface area contributed by atoms with E-state index < -0.39 is 21.6 Å². The van der Waals surface area contributed by atoms with E-state index in [0.717, 1.165) is 19.5 Å². The van der Waals surface area contributed by atoms with Gasteiger partial charge in [-0.05, 0) is 72.7 Å². The molecule has 0 amide bonds. The molecule has 0 radical (unpaired) electrons. The van der Waals surface area contributed by atoms with Gasteiger partial charge in [0.15, 0.2) is 0 Å². The van der Waals surface area contributed by atoms with Gasteiger partial charge < -0.3 is 0 Å². The first-order chi connectivity index (χ1) is 16.8. The first-order valence-corrected chi connectivity index (χ1v) is 13.7. The van der Waals surface area contributed by atoms with Gasteiger partial charge in [-0.25, -0.2) is 4.39 Å². The van der Waals surface area contributed by atoms with Gasteiger partial charge in [0, 0.05) is 25.7 Å². The standard InChI is InChI=1S/C28H32FN3O2S/c1-3-23-9-4-5-13-27(23)24-10-6-8-22(16-24)19-31-15-14-28(18-21(31)2)20-30-35(33,34)32(28)26-12-7-11-25(29)17-26/h4-13,16-17,21,30H,3,14-15,18-20H2,1-2H3. The van der Waals surface area contributed by atoms with Crippen LogP contribution in [-0.2, 0) is 23.2 Å². The van der Waals surface area contributed by atoms with E-state index in [1.165, 1.54) is 38.7 Å². The van der Waals surface area contributed by atoms with Crippen LogP contribution >= 0.6 is 0 Å². The van der Waals surface area contributed by atoms with E-state index >= 15 is 0 Å². The van der Waals surface area contributed by atoms with Gasteiger partial charge in [-0.2, -0.15) is 13.1 Å². The highest BCUT2D eigenvalue weighted by Gasteiger charge is 2.52. The topological polar surface area (TPSA) is 52.7 Å². The molecule has 2 fully saturated rings. The third kappa shape index (κ3) is 4.60. The number of likely N-dealkylation sites (tertiary alicyclic amines) is 1. The fourth-order valence-electron chi connectivity index (χ4n) is 5.75.